The van der Waals surface area contributed by atoms with E-state index in [2.05, 4.69) is 15.9 Å². The van der Waals surface area contributed by atoms with Crippen LogP contribution in [0.2, 0.25) is 0 Å². The van der Waals surface area contributed by atoms with E-state index in [0.29, 0.717) is 16.8 Å². The van der Waals surface area contributed by atoms with Gasteiger partial charge in [-0.25, -0.2) is 4.39 Å². The zero-order valence-corrected chi connectivity index (χ0v) is 9.91. The number of fused-ring (bicyclic) bond motifs is 1. The molecule has 0 fully saturated rings. The molecule has 2 aromatic rings. The molecule has 2 rings (SSSR count). The first-order chi connectivity index (χ1) is 6.74. The molecule has 0 aliphatic carbocycles. The van der Waals surface area contributed by atoms with Gasteiger partial charge in [0.05, 0.1) is 15.8 Å². The number of hydrogen-bond acceptors (Lipinski definition) is 2. The monoisotopic (exact) mass is 274 g/mol. The van der Waals surface area contributed by atoms with Crippen LogP contribution in [-0.2, 0) is 0 Å². The van der Waals surface area contributed by atoms with E-state index in [-0.39, 0.29) is 5.82 Å². The van der Waals surface area contributed by atoms with Crippen molar-refractivity contribution in [3.8, 4) is 5.75 Å². The Morgan fingerprint density at radius 2 is 2.36 bits per heavy atom. The van der Waals surface area contributed by atoms with Crippen molar-refractivity contribution in [1.29, 1.82) is 0 Å². The number of thiophene rings is 1. The first-order valence-electron chi connectivity index (χ1n) is 4.22. The minimum atomic E-state index is -0.278. The van der Waals surface area contributed by atoms with Crippen LogP contribution in [-0.4, -0.2) is 6.61 Å². The van der Waals surface area contributed by atoms with E-state index in [9.17, 15) is 4.39 Å². The number of benzene rings is 1. The Morgan fingerprint density at radius 1 is 1.57 bits per heavy atom. The maximum Gasteiger partial charge on any atom is 0.154 e. The van der Waals surface area contributed by atoms with Crippen molar-refractivity contribution in [2.75, 3.05) is 6.61 Å². The molecule has 0 N–H and O–H groups in total. The second kappa shape index (κ2) is 3.87. The lowest BCUT2D eigenvalue weighted by atomic mass is 10.2. The van der Waals surface area contributed by atoms with Gasteiger partial charge in [0.1, 0.15) is 5.82 Å². The van der Waals surface area contributed by atoms with Gasteiger partial charge in [0.15, 0.2) is 5.75 Å². The summed E-state index contributed by atoms with van der Waals surface area (Å²) in [6.07, 6.45) is 0. The van der Waals surface area contributed by atoms with Crippen LogP contribution in [0.5, 0.6) is 5.75 Å². The van der Waals surface area contributed by atoms with Gasteiger partial charge >= 0.3 is 0 Å². The molecule has 0 saturated carbocycles. The molecule has 0 amide bonds. The molecule has 0 saturated heterocycles. The largest absolute Gasteiger partial charge is 0.491 e. The summed E-state index contributed by atoms with van der Waals surface area (Å²) in [7, 11) is 0. The van der Waals surface area contributed by atoms with Gasteiger partial charge in [-0.05, 0) is 45.8 Å². The normalized spacial score (nSPS) is 10.8. The summed E-state index contributed by atoms with van der Waals surface area (Å²) in [5.41, 5.74) is 0. The number of hydrogen-bond donors (Lipinski definition) is 0. The highest BCUT2D eigenvalue weighted by Gasteiger charge is 2.13. The summed E-state index contributed by atoms with van der Waals surface area (Å²) in [5, 5.41) is 2.82. The standard InChI is InChI=1S/C10H8BrFOS/c1-2-13-9-8(11)7(12)5-6-3-4-14-10(6)9/h3-5H,2H2,1H3. The van der Waals surface area contributed by atoms with Gasteiger partial charge in [-0.15, -0.1) is 11.3 Å². The van der Waals surface area contributed by atoms with E-state index < -0.39 is 0 Å². The molecule has 1 heterocycles. The van der Waals surface area contributed by atoms with Crippen LogP contribution < -0.4 is 4.74 Å². The Kier molecular flexibility index (Phi) is 2.74. The molecule has 1 aromatic carbocycles. The molecule has 0 aliphatic rings. The van der Waals surface area contributed by atoms with Crippen molar-refractivity contribution in [1.82, 2.24) is 0 Å². The topological polar surface area (TPSA) is 9.23 Å². The molecule has 74 valence electrons. The van der Waals surface area contributed by atoms with Gasteiger partial charge in [-0.2, -0.15) is 0 Å². The van der Waals surface area contributed by atoms with Gasteiger partial charge in [0, 0.05) is 0 Å². The lowest BCUT2D eigenvalue weighted by Crippen LogP contribution is -1.94. The first kappa shape index (κ1) is 9.93. The van der Waals surface area contributed by atoms with Gasteiger partial charge < -0.3 is 4.74 Å². The van der Waals surface area contributed by atoms with Crippen LogP contribution in [0, 0.1) is 5.82 Å². The minimum absolute atomic E-state index is 0.278. The lowest BCUT2D eigenvalue weighted by molar-refractivity contribution is 0.340. The molecule has 0 spiro atoms. The van der Waals surface area contributed by atoms with Crippen molar-refractivity contribution >= 4 is 37.4 Å². The summed E-state index contributed by atoms with van der Waals surface area (Å²) in [4.78, 5) is 0. The Balaban J connectivity index is 2.73. The van der Waals surface area contributed by atoms with Crippen LogP contribution >= 0.6 is 27.3 Å². The SMILES string of the molecule is CCOc1c(Br)c(F)cc2ccsc12. The number of ether oxygens (including phenoxy) is 1. The highest BCUT2D eigenvalue weighted by molar-refractivity contribution is 9.10. The quantitative estimate of drug-likeness (QED) is 0.798. The Morgan fingerprint density at radius 3 is 3.07 bits per heavy atom. The van der Waals surface area contributed by atoms with Crippen molar-refractivity contribution in [2.45, 2.75) is 6.92 Å². The third-order valence-electron chi connectivity index (χ3n) is 1.88. The van der Waals surface area contributed by atoms with E-state index in [0.717, 1.165) is 10.1 Å². The van der Waals surface area contributed by atoms with Crippen LogP contribution in [0.3, 0.4) is 0 Å². The molecule has 0 atom stereocenters. The molecule has 0 aliphatic heterocycles. The average Bonchev–Trinajstić information content (AvgIpc) is 2.60. The predicted octanol–water partition coefficient (Wildman–Crippen LogP) is 4.20. The first-order valence-corrected chi connectivity index (χ1v) is 5.89. The fraction of sp³-hybridized carbons (Fsp3) is 0.200. The summed E-state index contributed by atoms with van der Waals surface area (Å²) >= 11 is 4.75. The van der Waals surface area contributed by atoms with E-state index in [4.69, 9.17) is 4.74 Å². The minimum Gasteiger partial charge on any atom is -0.491 e. The molecule has 0 unspecified atom stereocenters. The molecular formula is C10H8BrFOS. The average molecular weight is 275 g/mol. The van der Waals surface area contributed by atoms with Crippen molar-refractivity contribution in [3.05, 3.63) is 27.8 Å². The van der Waals surface area contributed by atoms with Crippen LogP contribution in [0.15, 0.2) is 22.0 Å². The van der Waals surface area contributed by atoms with E-state index in [1.807, 2.05) is 18.4 Å². The second-order valence-electron chi connectivity index (χ2n) is 2.77. The summed E-state index contributed by atoms with van der Waals surface area (Å²) in [6, 6.07) is 3.40. The van der Waals surface area contributed by atoms with Crippen LogP contribution in [0.25, 0.3) is 10.1 Å². The predicted molar refractivity (Wildman–Crippen MR) is 60.7 cm³/mol. The Bertz CT molecular complexity index is 466. The smallest absolute Gasteiger partial charge is 0.154 e. The fourth-order valence-electron chi connectivity index (χ4n) is 1.30. The molecule has 0 bridgehead atoms. The zero-order valence-electron chi connectivity index (χ0n) is 7.51. The van der Waals surface area contributed by atoms with Gasteiger partial charge in [-0.3, -0.25) is 0 Å². The Labute approximate surface area is 93.6 Å². The third kappa shape index (κ3) is 1.53. The van der Waals surface area contributed by atoms with E-state index in [1.165, 1.54) is 6.07 Å². The molecular weight excluding hydrogens is 267 g/mol. The maximum atomic E-state index is 13.4. The molecule has 1 nitrogen and oxygen atoms in total. The van der Waals surface area contributed by atoms with Crippen molar-refractivity contribution in [3.63, 3.8) is 0 Å². The second-order valence-corrected chi connectivity index (χ2v) is 4.48. The molecule has 14 heavy (non-hydrogen) atoms. The molecule has 0 radical (unpaired) electrons. The third-order valence-corrected chi connectivity index (χ3v) is 3.55. The molecule has 1 aromatic heterocycles. The fourth-order valence-corrected chi connectivity index (χ4v) is 2.74. The van der Waals surface area contributed by atoms with Crippen molar-refractivity contribution < 1.29 is 9.13 Å². The summed E-state index contributed by atoms with van der Waals surface area (Å²) in [5.74, 6) is 0.330. The maximum absolute atomic E-state index is 13.4. The summed E-state index contributed by atoms with van der Waals surface area (Å²) < 4.78 is 20.2. The van der Waals surface area contributed by atoms with Crippen LogP contribution in [0.4, 0.5) is 4.39 Å². The molecule has 4 heteroatoms. The lowest BCUT2D eigenvalue weighted by Gasteiger charge is -2.07. The Hall–Kier alpha value is -0.610. The van der Waals surface area contributed by atoms with E-state index in [1.54, 1.807) is 11.3 Å². The number of halogens is 2. The van der Waals surface area contributed by atoms with Crippen molar-refractivity contribution in [2.24, 2.45) is 0 Å². The van der Waals surface area contributed by atoms with Crippen LogP contribution in [0.1, 0.15) is 6.92 Å². The van der Waals surface area contributed by atoms with Gasteiger partial charge in [0.2, 0.25) is 0 Å². The van der Waals surface area contributed by atoms with E-state index >= 15 is 0 Å². The highest BCUT2D eigenvalue weighted by atomic mass is 79.9. The summed E-state index contributed by atoms with van der Waals surface area (Å²) in [6.45, 7) is 2.42. The van der Waals surface area contributed by atoms with Gasteiger partial charge in [-0.1, -0.05) is 0 Å². The van der Waals surface area contributed by atoms with Gasteiger partial charge in [0.25, 0.3) is 0 Å². The zero-order chi connectivity index (χ0) is 10.1. The number of rotatable bonds is 2. The highest BCUT2D eigenvalue weighted by Crippen LogP contribution is 2.38.